The molecule has 0 spiro atoms. The van der Waals surface area contributed by atoms with Gasteiger partial charge in [0.1, 0.15) is 11.6 Å². The molecule has 184 valence electrons. The zero-order valence-electron chi connectivity index (χ0n) is 19.7. The maximum atomic E-state index is 12.9. The minimum atomic E-state index is -0.677. The van der Waals surface area contributed by atoms with Gasteiger partial charge in [-0.25, -0.2) is 4.79 Å². The van der Waals surface area contributed by atoms with Gasteiger partial charge in [0.2, 0.25) is 5.91 Å². The van der Waals surface area contributed by atoms with Crippen molar-refractivity contribution in [3.63, 3.8) is 0 Å². The van der Waals surface area contributed by atoms with Gasteiger partial charge in [-0.2, -0.15) is 0 Å². The van der Waals surface area contributed by atoms with E-state index in [1.54, 1.807) is 6.92 Å². The molecular weight excluding hydrogens is 466 g/mol. The number of esters is 1. The third kappa shape index (κ3) is 7.22. The number of ether oxygens (including phenoxy) is 2. The maximum absolute atomic E-state index is 12.9. The van der Waals surface area contributed by atoms with Gasteiger partial charge in [0.15, 0.2) is 0 Å². The van der Waals surface area contributed by atoms with Gasteiger partial charge in [-0.15, -0.1) is 11.3 Å². The summed E-state index contributed by atoms with van der Waals surface area (Å²) in [6.07, 6.45) is 0.694. The van der Waals surface area contributed by atoms with E-state index < -0.39 is 11.9 Å². The summed E-state index contributed by atoms with van der Waals surface area (Å²) in [6.45, 7) is 1.87. The first kappa shape index (κ1) is 26.1. The summed E-state index contributed by atoms with van der Waals surface area (Å²) >= 11 is 0.957. The van der Waals surface area contributed by atoms with Crippen molar-refractivity contribution in [1.29, 1.82) is 0 Å². The fourth-order valence-electron chi connectivity index (χ4n) is 3.60. The largest absolute Gasteiger partial charge is 0.460 e. The lowest BCUT2D eigenvalue weighted by Crippen LogP contribution is -2.32. The second-order valence-electron chi connectivity index (χ2n) is 7.84. The molecule has 2 aromatic carbocycles. The van der Waals surface area contributed by atoms with Crippen LogP contribution in [0.5, 0.6) is 0 Å². The van der Waals surface area contributed by atoms with Gasteiger partial charge < -0.3 is 25.8 Å². The Labute approximate surface area is 208 Å². The van der Waals surface area contributed by atoms with Crippen LogP contribution in [0.15, 0.2) is 60.7 Å². The Morgan fingerprint density at radius 1 is 1.00 bits per heavy atom. The topological polar surface area (TPSA) is 120 Å². The zero-order chi connectivity index (χ0) is 25.2. The zero-order valence-corrected chi connectivity index (χ0v) is 20.5. The van der Waals surface area contributed by atoms with Crippen molar-refractivity contribution in [3.8, 4) is 0 Å². The second-order valence-corrected chi connectivity index (χ2v) is 8.86. The number of anilines is 1. The van der Waals surface area contributed by atoms with Crippen molar-refractivity contribution in [1.82, 2.24) is 5.32 Å². The first-order chi connectivity index (χ1) is 16.9. The lowest BCUT2D eigenvalue weighted by molar-refractivity contribution is -0.115. The molecule has 0 aliphatic rings. The van der Waals surface area contributed by atoms with Crippen molar-refractivity contribution < 1.29 is 23.9 Å². The molecule has 0 aliphatic carbocycles. The van der Waals surface area contributed by atoms with Crippen LogP contribution in [0.1, 0.15) is 42.8 Å². The summed E-state index contributed by atoms with van der Waals surface area (Å²) in [5.41, 5.74) is 8.14. The van der Waals surface area contributed by atoms with E-state index in [1.807, 2.05) is 60.7 Å². The summed E-state index contributed by atoms with van der Waals surface area (Å²) in [6, 6.07) is 19.8. The van der Waals surface area contributed by atoms with Crippen LogP contribution in [-0.4, -0.2) is 44.7 Å². The molecule has 3 rings (SSSR count). The van der Waals surface area contributed by atoms with Crippen molar-refractivity contribution in [2.45, 2.75) is 19.4 Å². The molecule has 4 N–H and O–H groups in total. The standard InChI is InChI=1S/C26H29N3O5S/c1-17-22(26(32)34-14-13-33-2)25(35-23(17)24(27)31)29-21(30)16-28-20(19-11-7-4-8-12-19)15-18-9-5-3-6-10-18/h3-12,20,28H,13-16H2,1-2H3,(H2,27,31)(H,29,30)/t20-/m1/s1. The average Bonchev–Trinajstić information content (AvgIpc) is 3.18. The van der Waals surface area contributed by atoms with Gasteiger partial charge in [0.25, 0.3) is 5.91 Å². The number of carbonyl (C=O) groups is 3. The normalized spacial score (nSPS) is 11.6. The van der Waals surface area contributed by atoms with Gasteiger partial charge in [-0.3, -0.25) is 9.59 Å². The number of amides is 2. The summed E-state index contributed by atoms with van der Waals surface area (Å²) in [5, 5.41) is 6.28. The fourth-order valence-corrected chi connectivity index (χ4v) is 4.67. The molecule has 9 heteroatoms. The summed E-state index contributed by atoms with van der Waals surface area (Å²) in [7, 11) is 1.49. The Hall–Kier alpha value is -3.53. The Bertz CT molecular complexity index is 1150. The van der Waals surface area contributed by atoms with E-state index in [1.165, 1.54) is 7.11 Å². The predicted molar refractivity (Wildman–Crippen MR) is 136 cm³/mol. The van der Waals surface area contributed by atoms with Gasteiger partial charge >= 0.3 is 5.97 Å². The summed E-state index contributed by atoms with van der Waals surface area (Å²) in [4.78, 5) is 37.5. The molecule has 35 heavy (non-hydrogen) atoms. The van der Waals surface area contributed by atoms with Crippen molar-refractivity contribution in [3.05, 3.63) is 87.8 Å². The van der Waals surface area contributed by atoms with Gasteiger partial charge in [-0.05, 0) is 30.0 Å². The van der Waals surface area contributed by atoms with Gasteiger partial charge in [-0.1, -0.05) is 60.7 Å². The van der Waals surface area contributed by atoms with E-state index >= 15 is 0 Å². The van der Waals surface area contributed by atoms with Crippen LogP contribution in [0.4, 0.5) is 5.00 Å². The number of thiophene rings is 1. The number of carbonyl (C=O) groups excluding carboxylic acids is 3. The number of nitrogens with two attached hydrogens (primary N) is 1. The molecule has 0 aliphatic heterocycles. The molecule has 0 fully saturated rings. The Kier molecular flexibility index (Phi) is 9.54. The molecule has 0 bridgehead atoms. The van der Waals surface area contributed by atoms with Crippen molar-refractivity contribution in [2.24, 2.45) is 5.73 Å². The highest BCUT2D eigenvalue weighted by Crippen LogP contribution is 2.33. The SMILES string of the molecule is COCCOC(=O)c1c(NC(=O)CN[C@H](Cc2ccccc2)c2ccccc2)sc(C(N)=O)c1C. The molecule has 0 saturated carbocycles. The minimum absolute atomic E-state index is 0.00654. The van der Waals surface area contributed by atoms with Crippen LogP contribution in [0.2, 0.25) is 0 Å². The third-order valence-corrected chi connectivity index (χ3v) is 6.56. The quantitative estimate of drug-likeness (QED) is 0.261. The molecule has 0 saturated heterocycles. The highest BCUT2D eigenvalue weighted by atomic mass is 32.1. The monoisotopic (exact) mass is 495 g/mol. The van der Waals surface area contributed by atoms with Crippen molar-refractivity contribution >= 4 is 34.1 Å². The van der Waals surface area contributed by atoms with E-state index in [2.05, 4.69) is 10.6 Å². The van der Waals surface area contributed by atoms with Crippen LogP contribution >= 0.6 is 11.3 Å². The fraction of sp³-hybridized carbons (Fsp3) is 0.269. The highest BCUT2D eigenvalue weighted by Gasteiger charge is 2.26. The number of nitrogens with one attached hydrogen (secondary N) is 2. The summed E-state index contributed by atoms with van der Waals surface area (Å²) < 4.78 is 10.1. The molecule has 1 aromatic heterocycles. The number of hydrogen-bond acceptors (Lipinski definition) is 7. The highest BCUT2D eigenvalue weighted by molar-refractivity contribution is 7.18. The minimum Gasteiger partial charge on any atom is -0.460 e. The molecule has 2 amide bonds. The van der Waals surface area contributed by atoms with E-state index in [-0.39, 0.29) is 47.1 Å². The van der Waals surface area contributed by atoms with Crippen LogP contribution in [0.3, 0.4) is 0 Å². The van der Waals surface area contributed by atoms with Gasteiger partial charge in [0.05, 0.1) is 23.6 Å². The number of benzene rings is 2. The molecular formula is C26H29N3O5S. The number of methoxy groups -OCH3 is 1. The molecule has 0 unspecified atom stereocenters. The first-order valence-corrected chi connectivity index (χ1v) is 11.9. The number of rotatable bonds is 12. The average molecular weight is 496 g/mol. The Morgan fingerprint density at radius 2 is 1.66 bits per heavy atom. The number of hydrogen-bond donors (Lipinski definition) is 3. The smallest absolute Gasteiger partial charge is 0.341 e. The van der Waals surface area contributed by atoms with E-state index in [0.29, 0.717) is 12.0 Å². The predicted octanol–water partition coefficient (Wildman–Crippen LogP) is 3.47. The Balaban J connectivity index is 1.74. The first-order valence-electron chi connectivity index (χ1n) is 11.1. The van der Waals surface area contributed by atoms with Crippen LogP contribution in [0.25, 0.3) is 0 Å². The molecule has 8 nitrogen and oxygen atoms in total. The Morgan fingerprint density at radius 3 is 2.29 bits per heavy atom. The van der Waals surface area contributed by atoms with E-state index in [0.717, 1.165) is 22.5 Å². The molecule has 3 aromatic rings. The van der Waals surface area contributed by atoms with Crippen molar-refractivity contribution in [2.75, 3.05) is 32.2 Å². The lowest BCUT2D eigenvalue weighted by atomic mass is 9.99. The van der Waals surface area contributed by atoms with E-state index in [9.17, 15) is 14.4 Å². The lowest BCUT2D eigenvalue weighted by Gasteiger charge is -2.19. The van der Waals surface area contributed by atoms with Gasteiger partial charge in [0, 0.05) is 13.2 Å². The van der Waals surface area contributed by atoms with Crippen LogP contribution < -0.4 is 16.4 Å². The van der Waals surface area contributed by atoms with Crippen LogP contribution in [0, 0.1) is 6.92 Å². The third-order valence-electron chi connectivity index (χ3n) is 5.34. The molecule has 0 radical (unpaired) electrons. The van der Waals surface area contributed by atoms with Crippen LogP contribution in [-0.2, 0) is 20.7 Å². The molecule has 1 heterocycles. The second kappa shape index (κ2) is 12.8. The van der Waals surface area contributed by atoms with E-state index in [4.69, 9.17) is 15.2 Å². The molecule has 1 atom stereocenters. The summed E-state index contributed by atoms with van der Waals surface area (Å²) in [5.74, 6) is -1.69. The number of primary amides is 1. The maximum Gasteiger partial charge on any atom is 0.341 e.